The first-order valence-corrected chi connectivity index (χ1v) is 9.06. The number of benzene rings is 1. The molecule has 2 aliphatic rings. The second-order valence-corrected chi connectivity index (χ2v) is 7.15. The molecule has 2 nitrogen and oxygen atoms in total. The topological polar surface area (TPSA) is 21.3 Å². The lowest BCUT2D eigenvalue weighted by atomic mass is 9.85. The molecule has 2 fully saturated rings. The number of nitrogens with one attached hydrogen (secondary N) is 1. The zero-order valence-corrected chi connectivity index (χ0v) is 13.9. The average molecular weight is 341 g/mol. The minimum atomic E-state index is -4.06. The van der Waals surface area contributed by atoms with E-state index in [1.807, 2.05) is 24.3 Å². The molecule has 0 radical (unpaired) electrons. The summed E-state index contributed by atoms with van der Waals surface area (Å²) >= 11 is 0. The molecule has 3 rings (SSSR count). The summed E-state index contributed by atoms with van der Waals surface area (Å²) in [5, 5.41) is 3.31. The Morgan fingerprint density at radius 1 is 1.04 bits per heavy atom. The van der Waals surface area contributed by atoms with Crippen molar-refractivity contribution in [2.24, 2.45) is 5.92 Å². The van der Waals surface area contributed by atoms with E-state index in [0.717, 1.165) is 30.6 Å². The van der Waals surface area contributed by atoms with Gasteiger partial charge in [-0.2, -0.15) is 13.2 Å². The lowest BCUT2D eigenvalue weighted by Gasteiger charge is -2.31. The molecule has 0 bridgehead atoms. The number of alkyl halides is 3. The summed E-state index contributed by atoms with van der Waals surface area (Å²) in [5.41, 5.74) is 1.07. The van der Waals surface area contributed by atoms with Crippen molar-refractivity contribution in [3.8, 4) is 5.75 Å². The van der Waals surface area contributed by atoms with Crippen LogP contribution >= 0.6 is 0 Å². The maximum atomic E-state index is 12.9. The molecule has 5 heteroatoms. The van der Waals surface area contributed by atoms with E-state index in [0.29, 0.717) is 19.1 Å². The molecule has 24 heavy (non-hydrogen) atoms. The molecule has 0 saturated heterocycles. The molecule has 2 saturated carbocycles. The molecule has 2 atom stereocenters. The molecule has 1 aromatic carbocycles. The van der Waals surface area contributed by atoms with Gasteiger partial charge in [0.25, 0.3) is 0 Å². The fourth-order valence-corrected chi connectivity index (χ4v) is 3.86. The highest BCUT2D eigenvalue weighted by atomic mass is 19.4. The Kier molecular flexibility index (Phi) is 5.69. The number of hydrogen-bond donors (Lipinski definition) is 1. The molecular formula is C19H26F3NO. The minimum Gasteiger partial charge on any atom is -0.490 e. The van der Waals surface area contributed by atoms with E-state index in [1.54, 1.807) is 0 Å². The zero-order chi connectivity index (χ0) is 17.0. The van der Waals surface area contributed by atoms with Crippen LogP contribution < -0.4 is 10.1 Å². The molecule has 1 N–H and O–H groups in total. The Morgan fingerprint density at radius 2 is 1.83 bits per heavy atom. The Balaban J connectivity index is 1.50. The number of halogens is 3. The van der Waals surface area contributed by atoms with Gasteiger partial charge in [-0.25, -0.2) is 0 Å². The van der Waals surface area contributed by atoms with E-state index in [2.05, 4.69) is 5.32 Å². The maximum Gasteiger partial charge on any atom is 0.391 e. The van der Waals surface area contributed by atoms with Crippen LogP contribution in [0.4, 0.5) is 13.2 Å². The highest BCUT2D eigenvalue weighted by Gasteiger charge is 2.41. The average Bonchev–Trinajstić information content (AvgIpc) is 3.06. The molecule has 134 valence electrons. The SMILES string of the molecule is FC(F)(F)C1CCCC(NCc2cccc(OC3CCCC3)c2)C1. The van der Waals surface area contributed by atoms with Crippen LogP contribution in [0.5, 0.6) is 5.75 Å². The van der Waals surface area contributed by atoms with Crippen LogP contribution in [0, 0.1) is 5.92 Å². The van der Waals surface area contributed by atoms with Gasteiger partial charge in [-0.15, -0.1) is 0 Å². The van der Waals surface area contributed by atoms with Gasteiger partial charge in [0.2, 0.25) is 0 Å². The van der Waals surface area contributed by atoms with Crippen LogP contribution in [-0.4, -0.2) is 18.3 Å². The van der Waals surface area contributed by atoms with Crippen LogP contribution in [0.2, 0.25) is 0 Å². The van der Waals surface area contributed by atoms with Gasteiger partial charge in [-0.05, 0) is 62.6 Å². The number of ether oxygens (including phenoxy) is 1. The van der Waals surface area contributed by atoms with E-state index >= 15 is 0 Å². The first-order valence-electron chi connectivity index (χ1n) is 9.06. The summed E-state index contributed by atoms with van der Waals surface area (Å²) in [5.74, 6) is -0.279. The highest BCUT2D eigenvalue weighted by molar-refractivity contribution is 5.28. The van der Waals surface area contributed by atoms with Crippen LogP contribution in [0.25, 0.3) is 0 Å². The van der Waals surface area contributed by atoms with Crippen molar-refractivity contribution in [1.29, 1.82) is 0 Å². The molecule has 0 aromatic heterocycles. The van der Waals surface area contributed by atoms with Crippen molar-refractivity contribution < 1.29 is 17.9 Å². The molecule has 2 unspecified atom stereocenters. The number of hydrogen-bond acceptors (Lipinski definition) is 2. The molecule has 0 aliphatic heterocycles. The van der Waals surface area contributed by atoms with Crippen LogP contribution in [0.15, 0.2) is 24.3 Å². The predicted molar refractivity (Wildman–Crippen MR) is 88.0 cm³/mol. The Hall–Kier alpha value is -1.23. The first kappa shape index (κ1) is 17.6. The summed E-state index contributed by atoms with van der Waals surface area (Å²) in [7, 11) is 0. The fraction of sp³-hybridized carbons (Fsp3) is 0.684. The van der Waals surface area contributed by atoms with Gasteiger partial charge in [0.05, 0.1) is 12.0 Å². The monoisotopic (exact) mass is 341 g/mol. The lowest BCUT2D eigenvalue weighted by Crippen LogP contribution is -2.38. The fourth-order valence-electron chi connectivity index (χ4n) is 3.86. The third kappa shape index (κ3) is 4.88. The van der Waals surface area contributed by atoms with E-state index in [9.17, 15) is 13.2 Å². The van der Waals surface area contributed by atoms with Crippen LogP contribution in [0.3, 0.4) is 0 Å². The predicted octanol–water partition coefficient (Wildman–Crippen LogP) is 5.22. The van der Waals surface area contributed by atoms with Crippen molar-refractivity contribution in [2.75, 3.05) is 0 Å². The highest BCUT2D eigenvalue weighted by Crippen LogP contribution is 2.37. The van der Waals surface area contributed by atoms with Gasteiger partial charge in [-0.1, -0.05) is 18.6 Å². The molecular weight excluding hydrogens is 315 g/mol. The van der Waals surface area contributed by atoms with Crippen molar-refractivity contribution in [2.45, 2.75) is 76.2 Å². The summed E-state index contributed by atoms with van der Waals surface area (Å²) < 4.78 is 44.6. The molecule has 1 aromatic rings. The summed E-state index contributed by atoms with van der Waals surface area (Å²) in [6, 6.07) is 7.88. The lowest BCUT2D eigenvalue weighted by molar-refractivity contribution is -0.183. The van der Waals surface area contributed by atoms with E-state index in [4.69, 9.17) is 4.74 Å². The summed E-state index contributed by atoms with van der Waals surface area (Å²) in [6.45, 7) is 0.594. The second kappa shape index (κ2) is 7.77. The standard InChI is InChI=1S/C19H26F3NO/c20-19(21,22)15-6-4-7-16(12-15)23-13-14-5-3-10-18(11-14)24-17-8-1-2-9-17/h3,5,10-11,15-17,23H,1-2,4,6-9,12-13H2. The zero-order valence-electron chi connectivity index (χ0n) is 13.9. The van der Waals surface area contributed by atoms with Crippen molar-refractivity contribution >= 4 is 0 Å². The van der Waals surface area contributed by atoms with Crippen LogP contribution in [0.1, 0.15) is 56.9 Å². The van der Waals surface area contributed by atoms with E-state index < -0.39 is 12.1 Å². The van der Waals surface area contributed by atoms with Gasteiger partial charge in [-0.3, -0.25) is 0 Å². The third-order valence-corrected chi connectivity index (χ3v) is 5.24. The van der Waals surface area contributed by atoms with Crippen molar-refractivity contribution in [1.82, 2.24) is 5.32 Å². The second-order valence-electron chi connectivity index (χ2n) is 7.15. The van der Waals surface area contributed by atoms with Gasteiger partial charge >= 0.3 is 6.18 Å². The summed E-state index contributed by atoms with van der Waals surface area (Å²) in [4.78, 5) is 0. The third-order valence-electron chi connectivity index (χ3n) is 5.24. The van der Waals surface area contributed by atoms with Gasteiger partial charge < -0.3 is 10.1 Å². The maximum absolute atomic E-state index is 12.9. The Morgan fingerprint density at radius 3 is 2.58 bits per heavy atom. The van der Waals surface area contributed by atoms with Gasteiger partial charge in [0.15, 0.2) is 0 Å². The van der Waals surface area contributed by atoms with Gasteiger partial charge in [0, 0.05) is 12.6 Å². The van der Waals surface area contributed by atoms with Crippen molar-refractivity contribution in [3.63, 3.8) is 0 Å². The molecule has 0 amide bonds. The first-order chi connectivity index (χ1) is 11.5. The normalized spacial score (nSPS) is 25.8. The number of rotatable bonds is 5. The van der Waals surface area contributed by atoms with E-state index in [-0.39, 0.29) is 18.9 Å². The molecule has 0 heterocycles. The van der Waals surface area contributed by atoms with Crippen LogP contribution in [-0.2, 0) is 6.54 Å². The van der Waals surface area contributed by atoms with Gasteiger partial charge in [0.1, 0.15) is 5.75 Å². The van der Waals surface area contributed by atoms with Crippen molar-refractivity contribution in [3.05, 3.63) is 29.8 Å². The quantitative estimate of drug-likeness (QED) is 0.793. The summed E-state index contributed by atoms with van der Waals surface area (Å²) in [6.07, 6.45) is 2.88. The van der Waals surface area contributed by atoms with E-state index in [1.165, 1.54) is 12.8 Å². The molecule has 2 aliphatic carbocycles. The largest absolute Gasteiger partial charge is 0.490 e. The molecule has 0 spiro atoms. The Labute approximate surface area is 141 Å². The smallest absolute Gasteiger partial charge is 0.391 e. The Bertz CT molecular complexity index is 526. The minimum absolute atomic E-state index is 0.0511.